The number of ether oxygens (including phenoxy) is 1. The number of benzene rings is 2. The second-order valence-electron chi connectivity index (χ2n) is 8.49. The Bertz CT molecular complexity index is 1390. The summed E-state index contributed by atoms with van der Waals surface area (Å²) in [6.45, 7) is 0.313. The molecule has 0 radical (unpaired) electrons. The molecular formula is C24H21F3N4O4S. The number of aliphatic imine (C=N–C) groups is 1. The van der Waals surface area contributed by atoms with Crippen LogP contribution in [-0.4, -0.2) is 68.4 Å². The number of aliphatic hydroxyl groups is 2. The number of amides is 1. The summed E-state index contributed by atoms with van der Waals surface area (Å²) in [5, 5.41) is 24.9. The van der Waals surface area contributed by atoms with Crippen molar-refractivity contribution in [2.75, 3.05) is 20.2 Å². The van der Waals surface area contributed by atoms with Crippen LogP contribution in [0.5, 0.6) is 5.75 Å². The van der Waals surface area contributed by atoms with Crippen LogP contribution in [0, 0.1) is 0 Å². The lowest BCUT2D eigenvalue weighted by Gasteiger charge is -2.15. The summed E-state index contributed by atoms with van der Waals surface area (Å²) in [5.74, 6) is -0.293. The predicted octanol–water partition coefficient (Wildman–Crippen LogP) is 3.12. The van der Waals surface area contributed by atoms with E-state index >= 15 is 0 Å². The minimum absolute atomic E-state index is 0.0641. The van der Waals surface area contributed by atoms with Crippen molar-refractivity contribution < 1.29 is 32.9 Å². The van der Waals surface area contributed by atoms with Crippen LogP contribution in [0.4, 0.5) is 13.2 Å². The van der Waals surface area contributed by atoms with Crippen LogP contribution in [0.25, 0.3) is 17.0 Å². The van der Waals surface area contributed by atoms with Gasteiger partial charge in [-0.1, -0.05) is 12.1 Å². The Morgan fingerprint density at radius 1 is 1.17 bits per heavy atom. The summed E-state index contributed by atoms with van der Waals surface area (Å²) in [6.07, 6.45) is -3.08. The van der Waals surface area contributed by atoms with Crippen LogP contribution < -0.4 is 4.74 Å². The maximum atomic E-state index is 13.6. The van der Waals surface area contributed by atoms with Crippen LogP contribution in [-0.2, 0) is 17.5 Å². The number of halogens is 3. The van der Waals surface area contributed by atoms with E-state index in [-0.39, 0.29) is 30.9 Å². The van der Waals surface area contributed by atoms with E-state index in [9.17, 15) is 28.2 Å². The van der Waals surface area contributed by atoms with Crippen molar-refractivity contribution in [3.05, 3.63) is 64.2 Å². The molecule has 0 saturated carbocycles. The molecule has 188 valence electrons. The number of thioether (sulfide) groups is 1. The topological polar surface area (TPSA) is 100 Å². The molecule has 1 amide bonds. The maximum absolute atomic E-state index is 13.6. The summed E-state index contributed by atoms with van der Waals surface area (Å²) < 4.78 is 47.2. The third kappa shape index (κ3) is 4.71. The number of hydrogen-bond donors (Lipinski definition) is 2. The normalized spacial score (nSPS) is 21.6. The lowest BCUT2D eigenvalue weighted by atomic mass is 10.1. The molecule has 1 fully saturated rings. The fourth-order valence-corrected chi connectivity index (χ4v) is 5.11. The number of alkyl halides is 3. The average Bonchev–Trinajstić information content (AvgIpc) is 3.51. The Labute approximate surface area is 207 Å². The van der Waals surface area contributed by atoms with Crippen molar-refractivity contribution in [1.29, 1.82) is 0 Å². The van der Waals surface area contributed by atoms with Crippen LogP contribution in [0.3, 0.4) is 0 Å². The third-order valence-electron chi connectivity index (χ3n) is 6.04. The molecule has 0 bridgehead atoms. The Kier molecular flexibility index (Phi) is 6.27. The minimum atomic E-state index is -4.54. The van der Waals surface area contributed by atoms with Crippen molar-refractivity contribution in [3.8, 4) is 5.75 Å². The summed E-state index contributed by atoms with van der Waals surface area (Å²) in [7, 11) is 1.31. The number of fused-ring (bicyclic) bond motifs is 1. The first-order valence-electron chi connectivity index (χ1n) is 11.0. The minimum Gasteiger partial charge on any atom is -0.497 e. The van der Waals surface area contributed by atoms with Crippen molar-refractivity contribution in [2.45, 2.75) is 24.9 Å². The molecule has 2 aromatic carbocycles. The molecule has 2 N–H and O–H groups in total. The van der Waals surface area contributed by atoms with E-state index in [1.54, 1.807) is 35.4 Å². The van der Waals surface area contributed by atoms with Gasteiger partial charge in [-0.05, 0) is 53.2 Å². The number of hydrogen-bond acceptors (Lipinski definition) is 7. The molecule has 12 heteroatoms. The number of aliphatic hydroxyl groups excluding tert-OH is 2. The van der Waals surface area contributed by atoms with Gasteiger partial charge >= 0.3 is 6.18 Å². The molecule has 3 aromatic rings. The van der Waals surface area contributed by atoms with Crippen LogP contribution >= 0.6 is 11.8 Å². The van der Waals surface area contributed by atoms with Crippen molar-refractivity contribution in [1.82, 2.24) is 14.7 Å². The third-order valence-corrected chi connectivity index (χ3v) is 7.09. The van der Waals surface area contributed by atoms with Gasteiger partial charge in [-0.2, -0.15) is 23.3 Å². The van der Waals surface area contributed by atoms with Crippen molar-refractivity contribution >= 4 is 39.8 Å². The van der Waals surface area contributed by atoms with Crippen molar-refractivity contribution in [2.24, 2.45) is 4.99 Å². The number of rotatable bonds is 4. The molecule has 3 heterocycles. The van der Waals surface area contributed by atoms with Crippen LogP contribution in [0.15, 0.2) is 52.5 Å². The molecule has 5 rings (SSSR count). The SMILES string of the molecule is COc1ccc(Cn2ncc3cc(/C=C4\SC(N5C[C@@H](O)[C@H](O)C5)=NC4=O)ccc32)c(C(F)(F)F)c1. The Balaban J connectivity index is 1.37. The lowest BCUT2D eigenvalue weighted by molar-refractivity contribution is -0.138. The summed E-state index contributed by atoms with van der Waals surface area (Å²) in [6, 6.07) is 9.12. The van der Waals surface area contributed by atoms with E-state index in [2.05, 4.69) is 10.1 Å². The highest BCUT2D eigenvalue weighted by molar-refractivity contribution is 8.18. The van der Waals surface area contributed by atoms with Gasteiger partial charge < -0.3 is 19.8 Å². The number of carbonyl (C=O) groups excluding carboxylic acids is 1. The molecule has 8 nitrogen and oxygen atoms in total. The van der Waals surface area contributed by atoms with Gasteiger partial charge in [-0.15, -0.1) is 0 Å². The van der Waals surface area contributed by atoms with Gasteiger partial charge in [0.2, 0.25) is 0 Å². The van der Waals surface area contributed by atoms with E-state index in [0.29, 0.717) is 26.5 Å². The first kappa shape index (κ1) is 24.3. The Morgan fingerprint density at radius 2 is 1.92 bits per heavy atom. The highest BCUT2D eigenvalue weighted by Crippen LogP contribution is 2.35. The highest BCUT2D eigenvalue weighted by atomic mass is 32.2. The summed E-state index contributed by atoms with van der Waals surface area (Å²) in [4.78, 5) is 18.5. The largest absolute Gasteiger partial charge is 0.497 e. The zero-order valence-corrected chi connectivity index (χ0v) is 19.8. The molecule has 2 aliphatic heterocycles. The molecule has 2 aliphatic rings. The van der Waals surface area contributed by atoms with E-state index in [0.717, 1.165) is 17.8 Å². The predicted molar refractivity (Wildman–Crippen MR) is 128 cm³/mol. The van der Waals surface area contributed by atoms with Crippen LogP contribution in [0.1, 0.15) is 16.7 Å². The average molecular weight is 519 g/mol. The standard InChI is InChI=1S/C24H21F3N4O4S/c1-35-16-4-3-14(17(8-16)24(25,26)27)10-31-18-5-2-13(6-15(18)9-28-31)7-21-22(34)29-23(36-21)30-11-19(32)20(33)12-30/h2-9,19-20,32-33H,10-12H2,1H3/b21-7-/t19-,20-/m1/s1. The number of amidine groups is 1. The maximum Gasteiger partial charge on any atom is 0.416 e. The van der Waals surface area contributed by atoms with Crippen LogP contribution in [0.2, 0.25) is 0 Å². The van der Waals surface area contributed by atoms with Crippen molar-refractivity contribution in [3.63, 3.8) is 0 Å². The highest BCUT2D eigenvalue weighted by Gasteiger charge is 2.36. The van der Waals surface area contributed by atoms with Gasteiger partial charge in [0.15, 0.2) is 5.17 Å². The monoisotopic (exact) mass is 518 g/mol. The number of nitrogens with zero attached hydrogens (tertiary/aromatic N) is 4. The fraction of sp³-hybridized carbons (Fsp3) is 0.292. The zero-order chi connectivity index (χ0) is 25.6. The molecule has 1 aromatic heterocycles. The molecule has 36 heavy (non-hydrogen) atoms. The lowest BCUT2D eigenvalue weighted by Crippen LogP contribution is -2.26. The molecule has 0 unspecified atom stereocenters. The molecule has 0 aliphatic carbocycles. The number of likely N-dealkylation sites (tertiary alicyclic amines) is 1. The first-order valence-corrected chi connectivity index (χ1v) is 11.8. The smallest absolute Gasteiger partial charge is 0.416 e. The zero-order valence-electron chi connectivity index (χ0n) is 18.9. The Hall–Kier alpha value is -3.35. The summed E-state index contributed by atoms with van der Waals surface area (Å²) >= 11 is 1.16. The van der Waals surface area contributed by atoms with Gasteiger partial charge in [0.1, 0.15) is 5.75 Å². The van der Waals surface area contributed by atoms with E-state index < -0.39 is 29.9 Å². The number of β-amino-alcohol motifs (C(OH)–C–C–N with tert-alkyl or cyclic N) is 2. The van der Waals surface area contributed by atoms with Gasteiger partial charge in [0.05, 0.1) is 48.0 Å². The first-order chi connectivity index (χ1) is 17.1. The van der Waals surface area contributed by atoms with E-state index in [4.69, 9.17) is 4.74 Å². The Morgan fingerprint density at radius 3 is 2.61 bits per heavy atom. The fourth-order valence-electron chi connectivity index (χ4n) is 4.18. The van der Waals surface area contributed by atoms with Gasteiger partial charge in [0, 0.05) is 18.5 Å². The second-order valence-corrected chi connectivity index (χ2v) is 9.50. The molecule has 0 spiro atoms. The van der Waals surface area contributed by atoms with E-state index in [1.165, 1.54) is 23.9 Å². The molecule has 2 atom stereocenters. The number of carbonyl (C=O) groups is 1. The number of methoxy groups -OCH3 is 1. The van der Waals surface area contributed by atoms with Gasteiger partial charge in [0.25, 0.3) is 5.91 Å². The van der Waals surface area contributed by atoms with Gasteiger partial charge in [-0.25, -0.2) is 0 Å². The van der Waals surface area contributed by atoms with Gasteiger partial charge in [-0.3, -0.25) is 9.48 Å². The second kappa shape index (κ2) is 9.26. The summed E-state index contributed by atoms with van der Waals surface area (Å²) in [5.41, 5.74) is 0.631. The quantitative estimate of drug-likeness (QED) is 0.512. The number of aromatic nitrogens is 2. The molecule has 1 saturated heterocycles. The van der Waals surface area contributed by atoms with E-state index in [1.807, 2.05) is 0 Å². The molecular weight excluding hydrogens is 497 g/mol.